The Hall–Kier alpha value is -1.96. The minimum Gasteiger partial charge on any atom is -0.102 e. The van der Waals surface area contributed by atoms with Crippen molar-refractivity contribution >= 4 is 5.57 Å². The van der Waals surface area contributed by atoms with Crippen LogP contribution >= 0.6 is 0 Å². The average molecular weight is 177 g/mol. The Morgan fingerprint density at radius 2 is 1.93 bits per heavy atom. The van der Waals surface area contributed by atoms with Gasteiger partial charge in [-0.1, -0.05) is 36.3 Å². The maximum absolute atomic E-state index is 7.15. The summed E-state index contributed by atoms with van der Waals surface area (Å²) in [5, 5.41) is 0. The van der Waals surface area contributed by atoms with Crippen molar-refractivity contribution in [3.8, 4) is 5.92 Å². The van der Waals surface area contributed by atoms with Crippen molar-refractivity contribution in [1.82, 2.24) is 0 Å². The van der Waals surface area contributed by atoms with E-state index in [0.29, 0.717) is 11.1 Å². The molecule has 0 aromatic heterocycles. The fourth-order valence-corrected chi connectivity index (χ4v) is 1.06. The Morgan fingerprint density at radius 1 is 1.29 bits per heavy atom. The van der Waals surface area contributed by atoms with Gasteiger partial charge in [-0.05, 0) is 25.0 Å². The molecular weight excluding hydrogens is 168 g/mol. The second-order valence-corrected chi connectivity index (χ2v) is 2.86. The molecule has 0 spiro atoms. The molecule has 0 saturated carbocycles. The van der Waals surface area contributed by atoms with Crippen LogP contribution in [0.5, 0.6) is 0 Å². The number of hydrogen-bond acceptors (Lipinski definition) is 0. The fourth-order valence-electron chi connectivity index (χ4n) is 1.06. The van der Waals surface area contributed by atoms with Crippen molar-refractivity contribution in [2.45, 2.75) is 6.92 Å². The van der Waals surface area contributed by atoms with Gasteiger partial charge in [-0.15, -0.1) is 5.73 Å². The average Bonchev–Trinajstić information content (AvgIpc) is 2.26. The number of allylic oxidation sites excluding steroid dienone is 3. The molecule has 0 fully saturated rings. The Kier molecular flexibility index (Phi) is 3.56. The molecule has 1 aromatic carbocycles. The van der Waals surface area contributed by atoms with Crippen molar-refractivity contribution in [1.29, 1.82) is 0 Å². The van der Waals surface area contributed by atoms with Gasteiger partial charge < -0.3 is 0 Å². The number of hydrogen-bond donors (Lipinski definition) is 0. The van der Waals surface area contributed by atoms with Gasteiger partial charge in [-0.2, -0.15) is 0 Å². The van der Waals surface area contributed by atoms with Gasteiger partial charge in [0.05, 0.1) is 0 Å². The topological polar surface area (TPSA) is 0 Å². The predicted molar refractivity (Wildman–Crippen MR) is 57.5 cm³/mol. The van der Waals surface area contributed by atoms with Crippen LogP contribution in [0.4, 0.5) is 0 Å². The summed E-state index contributed by atoms with van der Waals surface area (Å²) in [6.07, 6.45) is 8.64. The molecule has 0 amide bonds. The van der Waals surface area contributed by atoms with E-state index in [9.17, 15) is 0 Å². The van der Waals surface area contributed by atoms with Gasteiger partial charge >= 0.3 is 0 Å². The first-order chi connectivity index (χ1) is 6.77. The normalized spacial score (nSPS) is 10.1. The maximum Gasteiger partial charge on any atom is 0.0497 e. The zero-order valence-electron chi connectivity index (χ0n) is 7.96. The number of benzene rings is 1. The quantitative estimate of drug-likeness (QED) is 0.370. The molecule has 65 valence electrons. The highest BCUT2D eigenvalue weighted by molar-refractivity contribution is 5.74. The molecule has 0 aliphatic heterocycles. The Bertz CT molecular complexity index is 421. The lowest BCUT2D eigenvalue weighted by atomic mass is 10.0. The van der Waals surface area contributed by atoms with Gasteiger partial charge in [0.2, 0.25) is 0 Å². The molecule has 0 N–H and O–H groups in total. The van der Waals surface area contributed by atoms with E-state index in [1.54, 1.807) is 13.0 Å². The summed E-state index contributed by atoms with van der Waals surface area (Å²) in [4.78, 5) is 0. The second kappa shape index (κ2) is 4.92. The van der Waals surface area contributed by atoms with Gasteiger partial charge in [0, 0.05) is 17.7 Å². The summed E-state index contributed by atoms with van der Waals surface area (Å²) in [5.74, 6) is 2.27. The van der Waals surface area contributed by atoms with Crippen molar-refractivity contribution in [2.75, 3.05) is 0 Å². The van der Waals surface area contributed by atoms with E-state index in [2.05, 4.69) is 11.7 Å². The summed E-state index contributed by atoms with van der Waals surface area (Å²) in [6, 6.07) is 9.55. The second-order valence-electron chi connectivity index (χ2n) is 2.86. The molecule has 0 atom stereocenters. The van der Waals surface area contributed by atoms with E-state index in [4.69, 9.17) is 13.0 Å². The third kappa shape index (κ3) is 2.52. The Morgan fingerprint density at radius 3 is 2.43 bits per heavy atom. The SMILES string of the molecule is [C]=C=C(/C=C(\C)C#[C])c1ccccc1. The molecule has 0 saturated heterocycles. The summed E-state index contributed by atoms with van der Waals surface area (Å²) in [6.45, 7) is 8.92. The summed E-state index contributed by atoms with van der Waals surface area (Å²) >= 11 is 0. The molecule has 0 aliphatic carbocycles. The third-order valence-electron chi connectivity index (χ3n) is 1.78. The maximum atomic E-state index is 7.15. The fraction of sp³-hybridized carbons (Fsp3) is 0.0714. The lowest BCUT2D eigenvalue weighted by Gasteiger charge is -1.98. The van der Waals surface area contributed by atoms with E-state index in [1.165, 1.54) is 0 Å². The van der Waals surface area contributed by atoms with Crippen molar-refractivity contribution in [3.05, 3.63) is 66.3 Å². The minimum atomic E-state index is 0.669. The minimum absolute atomic E-state index is 0.669. The molecular formula is C14H9. The van der Waals surface area contributed by atoms with Crippen LogP contribution < -0.4 is 0 Å². The first-order valence-corrected chi connectivity index (χ1v) is 4.24. The highest BCUT2D eigenvalue weighted by atomic mass is 14.0. The first-order valence-electron chi connectivity index (χ1n) is 4.24. The highest BCUT2D eigenvalue weighted by Gasteiger charge is 1.95. The Balaban J connectivity index is 3.10. The van der Waals surface area contributed by atoms with Crippen LogP contribution in [0, 0.1) is 18.9 Å². The van der Waals surface area contributed by atoms with Crippen molar-refractivity contribution in [3.63, 3.8) is 0 Å². The summed E-state index contributed by atoms with van der Waals surface area (Å²) in [7, 11) is 0. The van der Waals surface area contributed by atoms with Gasteiger partial charge in [0.15, 0.2) is 0 Å². The van der Waals surface area contributed by atoms with Crippen LogP contribution in [0.25, 0.3) is 5.57 Å². The zero-order chi connectivity index (χ0) is 10.4. The van der Waals surface area contributed by atoms with Gasteiger partial charge in [-0.3, -0.25) is 0 Å². The van der Waals surface area contributed by atoms with E-state index >= 15 is 0 Å². The van der Waals surface area contributed by atoms with Crippen LogP contribution in [-0.4, -0.2) is 0 Å². The van der Waals surface area contributed by atoms with Crippen molar-refractivity contribution < 1.29 is 0 Å². The lowest BCUT2D eigenvalue weighted by molar-refractivity contribution is 1.55. The van der Waals surface area contributed by atoms with Gasteiger partial charge in [-0.25, -0.2) is 0 Å². The standard InChI is InChI=1S/C14H9/c1-4-12(3)11-13(5-2)14-9-7-6-8-10-14/h6-11H,3H3/b12-11+. The van der Waals surface area contributed by atoms with Crippen LogP contribution in [0.2, 0.25) is 0 Å². The van der Waals surface area contributed by atoms with E-state index in [1.807, 2.05) is 30.3 Å². The molecule has 0 heterocycles. The predicted octanol–water partition coefficient (Wildman–Crippen LogP) is 3.07. The number of rotatable bonds is 2. The van der Waals surface area contributed by atoms with Crippen molar-refractivity contribution in [2.24, 2.45) is 0 Å². The molecule has 0 aliphatic rings. The molecule has 0 nitrogen and oxygen atoms in total. The largest absolute Gasteiger partial charge is 0.102 e. The Labute approximate surface area is 85.3 Å². The molecule has 1 rings (SSSR count). The molecule has 0 bridgehead atoms. The van der Waals surface area contributed by atoms with E-state index in [0.717, 1.165) is 5.56 Å². The third-order valence-corrected chi connectivity index (χ3v) is 1.78. The van der Waals surface area contributed by atoms with E-state index < -0.39 is 0 Å². The van der Waals surface area contributed by atoms with Gasteiger partial charge in [0.1, 0.15) is 0 Å². The van der Waals surface area contributed by atoms with E-state index in [-0.39, 0.29) is 0 Å². The molecule has 0 unspecified atom stereocenters. The van der Waals surface area contributed by atoms with Crippen LogP contribution in [0.15, 0.2) is 47.7 Å². The zero-order valence-corrected chi connectivity index (χ0v) is 7.96. The summed E-state index contributed by atoms with van der Waals surface area (Å²) < 4.78 is 0. The van der Waals surface area contributed by atoms with Crippen LogP contribution in [0.1, 0.15) is 12.5 Å². The van der Waals surface area contributed by atoms with Crippen LogP contribution in [-0.2, 0) is 0 Å². The molecule has 1 aromatic rings. The monoisotopic (exact) mass is 177 g/mol. The first kappa shape index (κ1) is 10.1. The molecule has 14 heavy (non-hydrogen) atoms. The molecule has 0 heteroatoms. The van der Waals surface area contributed by atoms with Gasteiger partial charge in [0.25, 0.3) is 0 Å². The molecule has 3 radical (unpaired) electrons. The van der Waals surface area contributed by atoms with Crippen LogP contribution in [0.3, 0.4) is 0 Å². The summed E-state index contributed by atoms with van der Waals surface area (Å²) in [5.41, 5.74) is 4.63. The highest BCUT2D eigenvalue weighted by Crippen LogP contribution is 2.15. The smallest absolute Gasteiger partial charge is 0.0497 e. The lowest BCUT2D eigenvalue weighted by Crippen LogP contribution is -1.79.